The predicted octanol–water partition coefficient (Wildman–Crippen LogP) is 5.47. The van der Waals surface area contributed by atoms with Crippen molar-refractivity contribution in [1.82, 2.24) is 10.2 Å². The molecule has 2 heterocycles. The van der Waals surface area contributed by atoms with Crippen LogP contribution in [0.1, 0.15) is 38.5 Å². The van der Waals surface area contributed by atoms with Crippen molar-refractivity contribution in [3.63, 3.8) is 0 Å². The van der Waals surface area contributed by atoms with Gasteiger partial charge in [-0.1, -0.05) is 60.7 Å². The Morgan fingerprint density at radius 1 is 0.900 bits per heavy atom. The quantitative estimate of drug-likeness (QED) is 0.291. The van der Waals surface area contributed by atoms with E-state index in [2.05, 4.69) is 5.32 Å². The molecule has 0 saturated carbocycles. The predicted molar refractivity (Wildman–Crippen MR) is 153 cm³/mol. The molecule has 1 aliphatic heterocycles. The summed E-state index contributed by atoms with van der Waals surface area (Å²) in [5, 5.41) is 2.79. The summed E-state index contributed by atoms with van der Waals surface area (Å²) in [6.45, 7) is 0. The van der Waals surface area contributed by atoms with Gasteiger partial charge in [-0.15, -0.1) is 11.8 Å². The van der Waals surface area contributed by atoms with Crippen molar-refractivity contribution in [1.29, 1.82) is 0 Å². The molecule has 0 radical (unpaired) electrons. The zero-order valence-corrected chi connectivity index (χ0v) is 23.2. The summed E-state index contributed by atoms with van der Waals surface area (Å²) in [5.41, 5.74) is 3.00. The lowest BCUT2D eigenvalue weighted by Gasteiger charge is -2.30. The fourth-order valence-corrected chi connectivity index (χ4v) is 6.28. The third kappa shape index (κ3) is 5.37. The third-order valence-electron chi connectivity index (χ3n) is 6.83. The Morgan fingerprint density at radius 3 is 2.00 bits per heavy atom. The minimum absolute atomic E-state index is 0.253. The number of rotatable bonds is 9. The van der Waals surface area contributed by atoms with E-state index < -0.39 is 11.4 Å². The molecule has 4 aromatic rings. The Bertz CT molecular complexity index is 1380. The largest absolute Gasteiger partial charge is 0.493 e. The number of hydrogen-bond donors (Lipinski definition) is 1. The Hall–Kier alpha value is -4.37. The molecule has 2 amide bonds. The molecule has 2 atom stereocenters. The van der Waals surface area contributed by atoms with Crippen LogP contribution in [0, 0.1) is 0 Å². The standard InChI is InChI=1S/C31H30N2O6S/c1-36-25-16-23(17-26(37-2)28(25)38-3)30(35)33-24(19-40-31(33)22-14-15-39-18-22)29(34)32-27(20-10-6-4-7-11-20)21-12-8-5-9-13-21/h4-18,24,27,31H,19H2,1-3H3,(H,32,34). The van der Waals surface area contributed by atoms with Gasteiger partial charge in [0.05, 0.1) is 39.9 Å². The van der Waals surface area contributed by atoms with Crippen LogP contribution in [0.15, 0.2) is 95.8 Å². The molecule has 0 spiro atoms. The highest BCUT2D eigenvalue weighted by atomic mass is 32.2. The second-order valence-electron chi connectivity index (χ2n) is 9.15. The third-order valence-corrected chi connectivity index (χ3v) is 8.15. The fourth-order valence-electron chi connectivity index (χ4n) is 4.87. The number of thioether (sulfide) groups is 1. The van der Waals surface area contributed by atoms with Crippen molar-refractivity contribution in [2.24, 2.45) is 0 Å². The zero-order valence-electron chi connectivity index (χ0n) is 22.4. The summed E-state index contributed by atoms with van der Waals surface area (Å²) in [6.07, 6.45) is 3.16. The Morgan fingerprint density at radius 2 is 1.50 bits per heavy atom. The average molecular weight is 559 g/mol. The van der Waals surface area contributed by atoms with E-state index in [1.54, 1.807) is 29.6 Å². The normalized spacial score (nSPS) is 16.6. The van der Waals surface area contributed by atoms with Gasteiger partial charge in [0.15, 0.2) is 11.5 Å². The maximum Gasteiger partial charge on any atom is 0.256 e. The van der Waals surface area contributed by atoms with Gasteiger partial charge in [0.25, 0.3) is 5.91 Å². The van der Waals surface area contributed by atoms with E-state index >= 15 is 0 Å². The van der Waals surface area contributed by atoms with Crippen LogP contribution >= 0.6 is 11.8 Å². The van der Waals surface area contributed by atoms with Crippen LogP contribution in [0.3, 0.4) is 0 Å². The van der Waals surface area contributed by atoms with E-state index in [-0.39, 0.29) is 17.9 Å². The summed E-state index contributed by atoms with van der Waals surface area (Å²) in [5.74, 6) is 0.904. The molecule has 40 heavy (non-hydrogen) atoms. The lowest BCUT2D eigenvalue weighted by molar-refractivity contribution is -0.125. The number of amides is 2. The summed E-state index contributed by atoms with van der Waals surface area (Å²) < 4.78 is 21.7. The molecule has 1 aromatic heterocycles. The molecule has 0 bridgehead atoms. The number of benzene rings is 3. The van der Waals surface area contributed by atoms with Crippen LogP contribution in [-0.4, -0.2) is 49.8 Å². The molecule has 1 saturated heterocycles. The number of carbonyl (C=O) groups is 2. The number of methoxy groups -OCH3 is 3. The Kier molecular flexibility index (Phi) is 8.31. The molecule has 9 heteroatoms. The first-order valence-corrected chi connectivity index (χ1v) is 13.8. The minimum Gasteiger partial charge on any atom is -0.493 e. The molecule has 1 aliphatic rings. The smallest absolute Gasteiger partial charge is 0.256 e. The van der Waals surface area contributed by atoms with Crippen LogP contribution in [0.5, 0.6) is 17.2 Å². The second kappa shape index (κ2) is 12.2. The molecule has 8 nitrogen and oxygen atoms in total. The lowest BCUT2D eigenvalue weighted by Crippen LogP contribution is -2.48. The highest BCUT2D eigenvalue weighted by molar-refractivity contribution is 7.99. The first-order chi connectivity index (χ1) is 19.5. The van der Waals surface area contributed by atoms with Crippen LogP contribution < -0.4 is 19.5 Å². The van der Waals surface area contributed by atoms with Gasteiger partial charge in [0.2, 0.25) is 11.7 Å². The number of furan rings is 1. The van der Waals surface area contributed by atoms with Gasteiger partial charge in [-0.2, -0.15) is 0 Å². The van der Waals surface area contributed by atoms with Crippen molar-refractivity contribution in [2.45, 2.75) is 17.5 Å². The Balaban J connectivity index is 1.51. The van der Waals surface area contributed by atoms with E-state index in [9.17, 15) is 9.59 Å². The maximum absolute atomic E-state index is 14.2. The van der Waals surface area contributed by atoms with E-state index in [0.717, 1.165) is 16.7 Å². The van der Waals surface area contributed by atoms with E-state index in [4.69, 9.17) is 18.6 Å². The molecular weight excluding hydrogens is 528 g/mol. The monoisotopic (exact) mass is 558 g/mol. The molecule has 206 valence electrons. The molecule has 1 fully saturated rings. The first-order valence-electron chi connectivity index (χ1n) is 12.7. The highest BCUT2D eigenvalue weighted by Crippen LogP contribution is 2.44. The summed E-state index contributed by atoms with van der Waals surface area (Å²) >= 11 is 1.51. The van der Waals surface area contributed by atoms with Crippen molar-refractivity contribution in [3.05, 3.63) is 114 Å². The summed E-state index contributed by atoms with van der Waals surface area (Å²) in [7, 11) is 4.49. The molecule has 1 N–H and O–H groups in total. The van der Waals surface area contributed by atoms with Crippen molar-refractivity contribution in [2.75, 3.05) is 27.1 Å². The zero-order chi connectivity index (χ0) is 28.1. The van der Waals surface area contributed by atoms with E-state index in [0.29, 0.717) is 28.6 Å². The van der Waals surface area contributed by atoms with Crippen LogP contribution in [0.2, 0.25) is 0 Å². The Labute approximate surface area is 237 Å². The second-order valence-corrected chi connectivity index (χ2v) is 10.3. The fraction of sp³-hybridized carbons (Fsp3) is 0.226. The molecule has 2 unspecified atom stereocenters. The van der Waals surface area contributed by atoms with Gasteiger partial charge in [0, 0.05) is 16.9 Å². The molecule has 0 aliphatic carbocycles. The number of ether oxygens (including phenoxy) is 3. The van der Waals surface area contributed by atoms with E-state index in [1.165, 1.54) is 33.1 Å². The van der Waals surface area contributed by atoms with Gasteiger partial charge in [-0.05, 0) is 29.3 Å². The molecular formula is C31H30N2O6S. The maximum atomic E-state index is 14.2. The first kappa shape index (κ1) is 27.2. The van der Waals surface area contributed by atoms with Crippen LogP contribution in [-0.2, 0) is 4.79 Å². The van der Waals surface area contributed by atoms with Gasteiger partial charge >= 0.3 is 0 Å². The number of carbonyl (C=O) groups excluding carboxylic acids is 2. The van der Waals surface area contributed by atoms with Gasteiger partial charge < -0.3 is 28.8 Å². The van der Waals surface area contributed by atoms with Gasteiger partial charge in [0.1, 0.15) is 11.4 Å². The SMILES string of the molecule is COc1cc(C(=O)N2C(C(=O)NC(c3ccccc3)c3ccccc3)CSC2c2ccoc2)cc(OC)c1OC. The van der Waals surface area contributed by atoms with Crippen molar-refractivity contribution in [3.8, 4) is 17.2 Å². The van der Waals surface area contributed by atoms with Crippen molar-refractivity contribution >= 4 is 23.6 Å². The van der Waals surface area contributed by atoms with Crippen LogP contribution in [0.4, 0.5) is 0 Å². The molecule has 5 rings (SSSR count). The number of nitrogens with one attached hydrogen (secondary N) is 1. The summed E-state index contributed by atoms with van der Waals surface area (Å²) in [6, 6.07) is 23.5. The molecule has 3 aromatic carbocycles. The average Bonchev–Trinajstić information content (AvgIpc) is 3.70. The van der Waals surface area contributed by atoms with E-state index in [1.807, 2.05) is 66.7 Å². The summed E-state index contributed by atoms with van der Waals surface area (Å²) in [4.78, 5) is 29.8. The lowest BCUT2D eigenvalue weighted by atomic mass is 9.98. The topological polar surface area (TPSA) is 90.2 Å². The van der Waals surface area contributed by atoms with Crippen molar-refractivity contribution < 1.29 is 28.2 Å². The highest BCUT2D eigenvalue weighted by Gasteiger charge is 2.44. The minimum atomic E-state index is -0.744. The van der Waals surface area contributed by atoms with Crippen LogP contribution in [0.25, 0.3) is 0 Å². The number of hydrogen-bond acceptors (Lipinski definition) is 7. The van der Waals surface area contributed by atoms with Gasteiger partial charge in [-0.25, -0.2) is 0 Å². The van der Waals surface area contributed by atoms with Gasteiger partial charge in [-0.3, -0.25) is 9.59 Å². The number of nitrogens with zero attached hydrogens (tertiary/aromatic N) is 1.